The quantitative estimate of drug-likeness (QED) is 0.708. The topological polar surface area (TPSA) is 43.1 Å². The summed E-state index contributed by atoms with van der Waals surface area (Å²) < 4.78 is 5.54. The number of nitrogens with zero attached hydrogens (tertiary/aromatic N) is 1. The SMILES string of the molecule is C=C(C)c1nc2c(o1)CC(C)(C)CC2=O. The molecule has 0 saturated carbocycles. The molecule has 1 aromatic heterocycles. The van der Waals surface area contributed by atoms with E-state index >= 15 is 0 Å². The number of allylic oxidation sites excluding steroid dienone is 1. The average molecular weight is 205 g/mol. The molecule has 0 amide bonds. The average Bonchev–Trinajstić information content (AvgIpc) is 2.45. The Balaban J connectivity index is 2.47. The monoisotopic (exact) mass is 205 g/mol. The lowest BCUT2D eigenvalue weighted by atomic mass is 9.78. The summed E-state index contributed by atoms with van der Waals surface area (Å²) in [6, 6.07) is 0. The second kappa shape index (κ2) is 3.05. The van der Waals surface area contributed by atoms with Gasteiger partial charge in [0.25, 0.3) is 0 Å². The maximum absolute atomic E-state index is 11.8. The number of fused-ring (bicyclic) bond motifs is 1. The Morgan fingerprint density at radius 2 is 2.13 bits per heavy atom. The molecule has 0 spiro atoms. The number of aromatic nitrogens is 1. The fourth-order valence-corrected chi connectivity index (χ4v) is 1.89. The molecule has 2 rings (SSSR count). The molecular formula is C12H15NO2. The Labute approximate surface area is 89.2 Å². The third kappa shape index (κ3) is 1.74. The molecule has 3 heteroatoms. The van der Waals surface area contributed by atoms with Crippen molar-refractivity contribution in [2.75, 3.05) is 0 Å². The lowest BCUT2D eigenvalue weighted by Crippen LogP contribution is -2.26. The van der Waals surface area contributed by atoms with Gasteiger partial charge < -0.3 is 4.42 Å². The number of carbonyl (C=O) groups is 1. The molecule has 0 saturated heterocycles. The summed E-state index contributed by atoms with van der Waals surface area (Å²) >= 11 is 0. The molecule has 0 atom stereocenters. The number of ketones is 1. The van der Waals surface area contributed by atoms with Crippen LogP contribution in [0.5, 0.6) is 0 Å². The van der Waals surface area contributed by atoms with E-state index in [1.807, 2.05) is 6.92 Å². The van der Waals surface area contributed by atoms with E-state index in [2.05, 4.69) is 25.4 Å². The maximum Gasteiger partial charge on any atom is 0.221 e. The molecule has 1 aliphatic carbocycles. The standard InChI is InChI=1S/C12H15NO2/c1-7(2)11-13-10-8(14)5-12(3,4)6-9(10)15-11/h1,5-6H2,2-4H3. The van der Waals surface area contributed by atoms with E-state index < -0.39 is 0 Å². The zero-order chi connectivity index (χ0) is 11.2. The minimum atomic E-state index is -0.0179. The van der Waals surface area contributed by atoms with Gasteiger partial charge in [0.1, 0.15) is 11.5 Å². The van der Waals surface area contributed by atoms with Gasteiger partial charge in [0.15, 0.2) is 5.78 Å². The predicted molar refractivity (Wildman–Crippen MR) is 57.6 cm³/mol. The van der Waals surface area contributed by atoms with E-state index in [0.29, 0.717) is 23.8 Å². The maximum atomic E-state index is 11.8. The Kier molecular flexibility index (Phi) is 2.07. The van der Waals surface area contributed by atoms with Crippen LogP contribution >= 0.6 is 0 Å². The van der Waals surface area contributed by atoms with E-state index in [1.165, 1.54) is 0 Å². The number of carbonyl (C=O) groups excluding carboxylic acids is 1. The highest BCUT2D eigenvalue weighted by Gasteiger charge is 2.35. The van der Waals surface area contributed by atoms with Crippen molar-refractivity contribution in [3.8, 4) is 0 Å². The molecular weight excluding hydrogens is 190 g/mol. The molecule has 3 nitrogen and oxygen atoms in total. The molecule has 0 fully saturated rings. The van der Waals surface area contributed by atoms with Gasteiger partial charge in [0, 0.05) is 18.4 Å². The first-order valence-electron chi connectivity index (χ1n) is 5.08. The van der Waals surface area contributed by atoms with Crippen LogP contribution in [-0.4, -0.2) is 10.8 Å². The summed E-state index contributed by atoms with van der Waals surface area (Å²) in [6.07, 6.45) is 1.32. The molecule has 80 valence electrons. The van der Waals surface area contributed by atoms with Gasteiger partial charge in [-0.05, 0) is 12.3 Å². The molecule has 0 aliphatic heterocycles. The molecule has 0 bridgehead atoms. The van der Waals surface area contributed by atoms with Crippen molar-refractivity contribution < 1.29 is 9.21 Å². The van der Waals surface area contributed by atoms with E-state index in [4.69, 9.17) is 4.42 Å². The summed E-state index contributed by atoms with van der Waals surface area (Å²) in [7, 11) is 0. The first-order valence-corrected chi connectivity index (χ1v) is 5.08. The zero-order valence-electron chi connectivity index (χ0n) is 9.39. The molecule has 0 unspecified atom stereocenters. The van der Waals surface area contributed by atoms with Crippen molar-refractivity contribution in [1.29, 1.82) is 0 Å². The molecule has 0 radical (unpaired) electrons. The second-order valence-electron chi connectivity index (χ2n) is 5.01. The molecule has 0 aromatic carbocycles. The highest BCUT2D eigenvalue weighted by atomic mass is 16.4. The van der Waals surface area contributed by atoms with Gasteiger partial charge in [0.2, 0.25) is 5.89 Å². The van der Waals surface area contributed by atoms with Gasteiger partial charge >= 0.3 is 0 Å². The lowest BCUT2D eigenvalue weighted by Gasteiger charge is -2.25. The summed E-state index contributed by atoms with van der Waals surface area (Å²) in [6.45, 7) is 9.72. The summed E-state index contributed by atoms with van der Waals surface area (Å²) in [5, 5.41) is 0. The third-order valence-electron chi connectivity index (χ3n) is 2.60. The van der Waals surface area contributed by atoms with Crippen molar-refractivity contribution in [3.05, 3.63) is 23.9 Å². The second-order valence-corrected chi connectivity index (χ2v) is 5.01. The van der Waals surface area contributed by atoms with Gasteiger partial charge in [-0.1, -0.05) is 20.4 Å². The first-order chi connectivity index (χ1) is 6.89. The highest BCUT2D eigenvalue weighted by Crippen LogP contribution is 2.35. The predicted octanol–water partition coefficient (Wildman–Crippen LogP) is 2.86. The van der Waals surface area contributed by atoms with Crippen LogP contribution in [0.25, 0.3) is 5.57 Å². The third-order valence-corrected chi connectivity index (χ3v) is 2.60. The van der Waals surface area contributed by atoms with Crippen LogP contribution in [0.3, 0.4) is 0 Å². The molecule has 1 aromatic rings. The summed E-state index contributed by atoms with van der Waals surface area (Å²) in [5.74, 6) is 1.29. The minimum absolute atomic E-state index is 0.0179. The minimum Gasteiger partial charge on any atom is -0.441 e. The zero-order valence-corrected chi connectivity index (χ0v) is 9.39. The number of hydrogen-bond acceptors (Lipinski definition) is 3. The van der Waals surface area contributed by atoms with Crippen LogP contribution in [0.2, 0.25) is 0 Å². The van der Waals surface area contributed by atoms with Crippen LogP contribution in [0.1, 0.15) is 49.3 Å². The Bertz CT molecular complexity index is 440. The number of hydrogen-bond donors (Lipinski definition) is 0. The number of oxazole rings is 1. The van der Waals surface area contributed by atoms with Crippen molar-refractivity contribution in [2.24, 2.45) is 5.41 Å². The largest absolute Gasteiger partial charge is 0.441 e. The van der Waals surface area contributed by atoms with Crippen LogP contribution < -0.4 is 0 Å². The molecule has 0 N–H and O–H groups in total. The van der Waals surface area contributed by atoms with Crippen molar-refractivity contribution in [2.45, 2.75) is 33.6 Å². The number of rotatable bonds is 1. The Morgan fingerprint density at radius 1 is 1.47 bits per heavy atom. The van der Waals surface area contributed by atoms with Crippen molar-refractivity contribution >= 4 is 11.4 Å². The van der Waals surface area contributed by atoms with Crippen LogP contribution in [-0.2, 0) is 6.42 Å². The van der Waals surface area contributed by atoms with Gasteiger partial charge in [-0.3, -0.25) is 4.79 Å². The normalized spacial score (nSPS) is 18.7. The summed E-state index contributed by atoms with van der Waals surface area (Å²) in [4.78, 5) is 16.0. The fraction of sp³-hybridized carbons (Fsp3) is 0.500. The van der Waals surface area contributed by atoms with Crippen LogP contribution in [0.4, 0.5) is 0 Å². The van der Waals surface area contributed by atoms with Gasteiger partial charge in [-0.25, -0.2) is 4.98 Å². The van der Waals surface area contributed by atoms with Gasteiger partial charge in [-0.15, -0.1) is 0 Å². The smallest absolute Gasteiger partial charge is 0.221 e. The molecule has 15 heavy (non-hydrogen) atoms. The fourth-order valence-electron chi connectivity index (χ4n) is 1.89. The van der Waals surface area contributed by atoms with Gasteiger partial charge in [-0.2, -0.15) is 0 Å². The first kappa shape index (κ1) is 10.1. The highest BCUT2D eigenvalue weighted by molar-refractivity contribution is 5.96. The van der Waals surface area contributed by atoms with Crippen molar-refractivity contribution in [1.82, 2.24) is 4.98 Å². The molecule has 1 heterocycles. The summed E-state index contributed by atoms with van der Waals surface area (Å²) in [5.41, 5.74) is 1.25. The number of Topliss-reactive ketones (excluding diaryl/α,β-unsaturated/α-hetero) is 1. The van der Waals surface area contributed by atoms with E-state index in [1.54, 1.807) is 0 Å². The Hall–Kier alpha value is -1.38. The Morgan fingerprint density at radius 3 is 2.73 bits per heavy atom. The van der Waals surface area contributed by atoms with E-state index in [9.17, 15) is 4.79 Å². The molecule has 1 aliphatic rings. The van der Waals surface area contributed by atoms with E-state index in [0.717, 1.165) is 12.0 Å². The van der Waals surface area contributed by atoms with Crippen molar-refractivity contribution in [3.63, 3.8) is 0 Å². The van der Waals surface area contributed by atoms with Gasteiger partial charge in [0.05, 0.1) is 0 Å². The lowest BCUT2D eigenvalue weighted by molar-refractivity contribution is 0.0899. The van der Waals surface area contributed by atoms with Crippen LogP contribution in [0, 0.1) is 5.41 Å². The van der Waals surface area contributed by atoms with E-state index in [-0.39, 0.29) is 11.2 Å². The van der Waals surface area contributed by atoms with Crippen LogP contribution in [0.15, 0.2) is 11.0 Å².